The van der Waals surface area contributed by atoms with Crippen molar-refractivity contribution in [3.8, 4) is 5.75 Å². The molecule has 0 aliphatic heterocycles. The Labute approximate surface area is 150 Å². The van der Waals surface area contributed by atoms with E-state index in [1.807, 2.05) is 32.0 Å². The van der Waals surface area contributed by atoms with Gasteiger partial charge < -0.3 is 14.5 Å². The van der Waals surface area contributed by atoms with Crippen LogP contribution in [0.25, 0.3) is 11.0 Å². The number of nitrogens with one attached hydrogen (secondary N) is 1. The van der Waals surface area contributed by atoms with Gasteiger partial charge in [-0.25, -0.2) is 4.79 Å². The summed E-state index contributed by atoms with van der Waals surface area (Å²) in [4.78, 5) is 27.9. The molecule has 26 heavy (non-hydrogen) atoms. The molecule has 6 nitrogen and oxygen atoms in total. The van der Waals surface area contributed by atoms with Gasteiger partial charge in [-0.2, -0.15) is 0 Å². The molecule has 0 saturated carbocycles. The molecule has 0 atom stereocenters. The molecule has 0 fully saturated rings. The van der Waals surface area contributed by atoms with E-state index >= 15 is 0 Å². The number of fused-ring (bicyclic) bond motifs is 1. The minimum atomic E-state index is -0.356. The summed E-state index contributed by atoms with van der Waals surface area (Å²) in [6.07, 6.45) is 3.35. The molecule has 3 aromatic rings. The third-order valence-electron chi connectivity index (χ3n) is 4.42. The van der Waals surface area contributed by atoms with E-state index in [0.29, 0.717) is 29.0 Å². The van der Waals surface area contributed by atoms with Crippen molar-refractivity contribution in [1.82, 2.24) is 10.3 Å². The van der Waals surface area contributed by atoms with Gasteiger partial charge in [0, 0.05) is 35.5 Å². The van der Waals surface area contributed by atoms with Crippen LogP contribution >= 0.6 is 0 Å². The number of carbonyl (C=O) groups is 1. The fraction of sp³-hybridized carbons (Fsp3) is 0.250. The lowest BCUT2D eigenvalue weighted by Gasteiger charge is -2.12. The quantitative estimate of drug-likeness (QED) is 0.714. The number of rotatable bonds is 5. The number of aromatic nitrogens is 1. The van der Waals surface area contributed by atoms with Crippen molar-refractivity contribution in [2.24, 2.45) is 0 Å². The van der Waals surface area contributed by atoms with Crippen LogP contribution in [0.1, 0.15) is 22.3 Å². The Morgan fingerprint density at radius 3 is 2.54 bits per heavy atom. The molecule has 0 unspecified atom stereocenters. The predicted octanol–water partition coefficient (Wildman–Crippen LogP) is 2.81. The summed E-state index contributed by atoms with van der Waals surface area (Å²) < 4.78 is 11.0. The molecule has 0 bridgehead atoms. The largest absolute Gasteiger partial charge is 0.483 e. The van der Waals surface area contributed by atoms with E-state index in [4.69, 9.17) is 9.15 Å². The first kappa shape index (κ1) is 17.7. The Balaban J connectivity index is 1.71. The summed E-state index contributed by atoms with van der Waals surface area (Å²) in [6.45, 7) is 5.74. The maximum absolute atomic E-state index is 12.0. The maximum Gasteiger partial charge on any atom is 0.339 e. The Bertz CT molecular complexity index is 1010. The summed E-state index contributed by atoms with van der Waals surface area (Å²) in [5.74, 6) is 0.283. The minimum Gasteiger partial charge on any atom is -0.483 e. The highest BCUT2D eigenvalue weighted by Gasteiger charge is 2.13. The molecular formula is C20H20N2O4. The summed E-state index contributed by atoms with van der Waals surface area (Å²) in [6, 6.07) is 7.31. The van der Waals surface area contributed by atoms with Crippen molar-refractivity contribution in [3.05, 3.63) is 69.3 Å². The molecule has 134 valence electrons. The fourth-order valence-electron chi connectivity index (χ4n) is 2.68. The van der Waals surface area contributed by atoms with Crippen molar-refractivity contribution in [2.45, 2.75) is 27.3 Å². The zero-order chi connectivity index (χ0) is 18.7. The van der Waals surface area contributed by atoms with Gasteiger partial charge in [0.15, 0.2) is 6.61 Å². The van der Waals surface area contributed by atoms with Gasteiger partial charge in [0.05, 0.1) is 0 Å². The number of hydrogen-bond donors (Lipinski definition) is 1. The molecule has 3 rings (SSSR count). The lowest BCUT2D eigenvalue weighted by atomic mass is 10.0. The molecule has 0 aliphatic carbocycles. The highest BCUT2D eigenvalue weighted by atomic mass is 16.5. The Morgan fingerprint density at radius 2 is 1.81 bits per heavy atom. The monoisotopic (exact) mass is 352 g/mol. The molecule has 0 spiro atoms. The van der Waals surface area contributed by atoms with Crippen LogP contribution in [0.4, 0.5) is 0 Å². The Morgan fingerprint density at radius 1 is 1.08 bits per heavy atom. The van der Waals surface area contributed by atoms with E-state index in [1.54, 1.807) is 25.4 Å². The van der Waals surface area contributed by atoms with Crippen molar-refractivity contribution in [2.75, 3.05) is 6.61 Å². The first-order chi connectivity index (χ1) is 12.5. The first-order valence-electron chi connectivity index (χ1n) is 8.29. The van der Waals surface area contributed by atoms with Crippen LogP contribution in [0.2, 0.25) is 0 Å². The van der Waals surface area contributed by atoms with Gasteiger partial charge in [-0.05, 0) is 56.2 Å². The molecule has 1 amide bonds. The predicted molar refractivity (Wildman–Crippen MR) is 98.3 cm³/mol. The van der Waals surface area contributed by atoms with Gasteiger partial charge in [-0.3, -0.25) is 9.78 Å². The third-order valence-corrected chi connectivity index (χ3v) is 4.42. The molecule has 1 aromatic carbocycles. The van der Waals surface area contributed by atoms with Crippen LogP contribution in [-0.2, 0) is 11.3 Å². The van der Waals surface area contributed by atoms with E-state index in [2.05, 4.69) is 10.3 Å². The summed E-state index contributed by atoms with van der Waals surface area (Å²) >= 11 is 0. The number of benzene rings is 1. The van der Waals surface area contributed by atoms with Crippen molar-refractivity contribution in [1.29, 1.82) is 0 Å². The van der Waals surface area contributed by atoms with Crippen LogP contribution in [0.15, 0.2) is 45.9 Å². The Kier molecular flexibility index (Phi) is 5.02. The number of pyridine rings is 1. The summed E-state index contributed by atoms with van der Waals surface area (Å²) in [7, 11) is 0. The van der Waals surface area contributed by atoms with Gasteiger partial charge in [0.25, 0.3) is 5.91 Å². The van der Waals surface area contributed by atoms with Crippen LogP contribution in [0, 0.1) is 20.8 Å². The maximum atomic E-state index is 12.0. The fourth-order valence-corrected chi connectivity index (χ4v) is 2.68. The van der Waals surface area contributed by atoms with Crippen molar-refractivity contribution < 1.29 is 13.9 Å². The average Bonchev–Trinajstić information content (AvgIpc) is 2.65. The highest BCUT2D eigenvalue weighted by Crippen LogP contribution is 2.29. The van der Waals surface area contributed by atoms with Crippen molar-refractivity contribution >= 4 is 16.9 Å². The summed E-state index contributed by atoms with van der Waals surface area (Å²) in [5, 5.41) is 3.66. The zero-order valence-electron chi connectivity index (χ0n) is 15.0. The smallest absolute Gasteiger partial charge is 0.339 e. The van der Waals surface area contributed by atoms with Gasteiger partial charge in [-0.1, -0.05) is 0 Å². The van der Waals surface area contributed by atoms with E-state index in [-0.39, 0.29) is 18.1 Å². The number of ether oxygens (including phenoxy) is 1. The van der Waals surface area contributed by atoms with E-state index < -0.39 is 0 Å². The lowest BCUT2D eigenvalue weighted by Crippen LogP contribution is -2.28. The normalized spacial score (nSPS) is 10.7. The second-order valence-corrected chi connectivity index (χ2v) is 6.13. The second-order valence-electron chi connectivity index (χ2n) is 6.13. The average molecular weight is 352 g/mol. The SMILES string of the molecule is Cc1c(C)c2ccc(OCC(=O)NCc3ccncc3)c(C)c2oc1=O. The highest BCUT2D eigenvalue weighted by molar-refractivity contribution is 5.85. The number of carbonyl (C=O) groups excluding carboxylic acids is 1. The zero-order valence-corrected chi connectivity index (χ0v) is 15.0. The topological polar surface area (TPSA) is 81.4 Å². The number of nitrogens with zero attached hydrogens (tertiary/aromatic N) is 1. The van der Waals surface area contributed by atoms with Crippen LogP contribution in [-0.4, -0.2) is 17.5 Å². The third kappa shape index (κ3) is 3.59. The van der Waals surface area contributed by atoms with Crippen LogP contribution < -0.4 is 15.7 Å². The number of aryl methyl sites for hydroxylation is 2. The van der Waals surface area contributed by atoms with E-state index in [1.165, 1.54) is 0 Å². The molecule has 0 saturated heterocycles. The van der Waals surface area contributed by atoms with Crippen molar-refractivity contribution in [3.63, 3.8) is 0 Å². The number of hydrogen-bond acceptors (Lipinski definition) is 5. The molecule has 0 aliphatic rings. The van der Waals surface area contributed by atoms with Crippen LogP contribution in [0.5, 0.6) is 5.75 Å². The van der Waals surface area contributed by atoms with Gasteiger partial charge in [0.1, 0.15) is 11.3 Å². The van der Waals surface area contributed by atoms with Gasteiger partial charge in [0.2, 0.25) is 0 Å². The molecule has 0 radical (unpaired) electrons. The second kappa shape index (κ2) is 7.39. The number of amides is 1. The lowest BCUT2D eigenvalue weighted by molar-refractivity contribution is -0.123. The molecule has 2 heterocycles. The van der Waals surface area contributed by atoms with E-state index in [9.17, 15) is 9.59 Å². The molecular weight excluding hydrogens is 332 g/mol. The van der Waals surface area contributed by atoms with Gasteiger partial charge in [-0.15, -0.1) is 0 Å². The molecule has 2 aromatic heterocycles. The standard InChI is InChI=1S/C20H20N2O4/c1-12-13(2)20(24)26-19-14(3)17(5-4-16(12)19)25-11-18(23)22-10-15-6-8-21-9-7-15/h4-9H,10-11H2,1-3H3,(H,22,23). The van der Waals surface area contributed by atoms with Crippen LogP contribution in [0.3, 0.4) is 0 Å². The Hall–Kier alpha value is -3.15. The summed E-state index contributed by atoms with van der Waals surface area (Å²) in [5.41, 5.74) is 3.28. The van der Waals surface area contributed by atoms with E-state index in [0.717, 1.165) is 16.5 Å². The van der Waals surface area contributed by atoms with Gasteiger partial charge >= 0.3 is 5.63 Å². The molecule has 6 heteroatoms. The first-order valence-corrected chi connectivity index (χ1v) is 8.29. The molecule has 1 N–H and O–H groups in total. The minimum absolute atomic E-state index is 0.119.